The Hall–Kier alpha value is -1.10. The molecular formula is C14H11BrO2S. The van der Waals surface area contributed by atoms with Gasteiger partial charge in [0.05, 0.1) is 4.47 Å². The van der Waals surface area contributed by atoms with E-state index >= 15 is 0 Å². The molecule has 2 heterocycles. The summed E-state index contributed by atoms with van der Waals surface area (Å²) in [6.07, 6.45) is -0.699. The summed E-state index contributed by atoms with van der Waals surface area (Å²) >= 11 is 5.08. The highest BCUT2D eigenvalue weighted by Crippen LogP contribution is 2.34. The number of thiophene rings is 1. The molecule has 1 aromatic carbocycles. The standard InChI is InChI=1S/C14H11BrO2S/c1-8-10(5-6-18-8)13(16)12-7-9-3-2-4-11(15)14(9)17-12/h2-7,13,16H,1H3. The van der Waals surface area contributed by atoms with Crippen molar-refractivity contribution >= 4 is 38.2 Å². The van der Waals surface area contributed by atoms with Gasteiger partial charge in [0.25, 0.3) is 0 Å². The summed E-state index contributed by atoms with van der Waals surface area (Å²) in [7, 11) is 0. The Labute approximate surface area is 117 Å². The highest BCUT2D eigenvalue weighted by molar-refractivity contribution is 9.10. The molecule has 92 valence electrons. The number of hydrogen-bond acceptors (Lipinski definition) is 3. The van der Waals surface area contributed by atoms with Crippen LogP contribution in [0.4, 0.5) is 0 Å². The van der Waals surface area contributed by atoms with Crippen molar-refractivity contribution in [3.63, 3.8) is 0 Å². The zero-order valence-corrected chi connectivity index (χ0v) is 12.1. The third-order valence-electron chi connectivity index (χ3n) is 2.98. The largest absolute Gasteiger partial charge is 0.457 e. The van der Waals surface area contributed by atoms with Crippen LogP contribution in [0.1, 0.15) is 22.3 Å². The fourth-order valence-corrected chi connectivity index (χ4v) is 3.21. The van der Waals surface area contributed by atoms with Gasteiger partial charge in [-0.1, -0.05) is 12.1 Å². The maximum atomic E-state index is 10.4. The number of hydrogen-bond donors (Lipinski definition) is 1. The van der Waals surface area contributed by atoms with Crippen LogP contribution in [0.15, 0.2) is 44.6 Å². The van der Waals surface area contributed by atoms with E-state index < -0.39 is 6.10 Å². The number of halogens is 1. The van der Waals surface area contributed by atoms with Gasteiger partial charge >= 0.3 is 0 Å². The number of aliphatic hydroxyl groups excluding tert-OH is 1. The summed E-state index contributed by atoms with van der Waals surface area (Å²) in [6, 6.07) is 9.68. The molecule has 0 aliphatic rings. The number of aliphatic hydroxyl groups is 1. The zero-order chi connectivity index (χ0) is 12.7. The highest BCUT2D eigenvalue weighted by Gasteiger charge is 2.18. The summed E-state index contributed by atoms with van der Waals surface area (Å²) in [5.41, 5.74) is 1.69. The second kappa shape index (κ2) is 4.53. The Balaban J connectivity index is 2.10. The lowest BCUT2D eigenvalue weighted by atomic mass is 10.1. The predicted molar refractivity (Wildman–Crippen MR) is 77.0 cm³/mol. The van der Waals surface area contributed by atoms with Crippen molar-refractivity contribution in [2.75, 3.05) is 0 Å². The molecule has 1 atom stereocenters. The van der Waals surface area contributed by atoms with Crippen molar-refractivity contribution < 1.29 is 9.52 Å². The van der Waals surface area contributed by atoms with Crippen LogP contribution in [0.5, 0.6) is 0 Å². The van der Waals surface area contributed by atoms with E-state index in [4.69, 9.17) is 4.42 Å². The maximum absolute atomic E-state index is 10.4. The summed E-state index contributed by atoms with van der Waals surface area (Å²) in [4.78, 5) is 1.11. The molecule has 1 unspecified atom stereocenters. The van der Waals surface area contributed by atoms with Gasteiger partial charge in [-0.15, -0.1) is 11.3 Å². The van der Waals surface area contributed by atoms with E-state index in [1.165, 1.54) is 0 Å². The predicted octanol–water partition coefficient (Wildman–Crippen LogP) is 4.65. The van der Waals surface area contributed by atoms with Crippen molar-refractivity contribution in [1.29, 1.82) is 0 Å². The van der Waals surface area contributed by atoms with E-state index in [-0.39, 0.29) is 0 Å². The zero-order valence-electron chi connectivity index (χ0n) is 9.68. The van der Waals surface area contributed by atoms with Crippen molar-refractivity contribution in [3.05, 3.63) is 56.4 Å². The van der Waals surface area contributed by atoms with E-state index in [1.807, 2.05) is 42.6 Å². The van der Waals surface area contributed by atoms with Crippen LogP contribution < -0.4 is 0 Å². The lowest BCUT2D eigenvalue weighted by Crippen LogP contribution is -1.97. The first kappa shape index (κ1) is 12.0. The Morgan fingerprint density at radius 3 is 2.83 bits per heavy atom. The van der Waals surface area contributed by atoms with Crippen molar-refractivity contribution in [2.45, 2.75) is 13.0 Å². The summed E-state index contributed by atoms with van der Waals surface area (Å²) < 4.78 is 6.65. The molecule has 0 fully saturated rings. The van der Waals surface area contributed by atoms with Gasteiger partial charge in [-0.25, -0.2) is 0 Å². The average Bonchev–Trinajstić information content (AvgIpc) is 2.95. The smallest absolute Gasteiger partial charge is 0.148 e. The first-order valence-corrected chi connectivity index (χ1v) is 7.24. The molecule has 0 amide bonds. The van der Waals surface area contributed by atoms with Crippen LogP contribution in [0.25, 0.3) is 11.0 Å². The lowest BCUT2D eigenvalue weighted by Gasteiger charge is -2.06. The quantitative estimate of drug-likeness (QED) is 0.745. The van der Waals surface area contributed by atoms with E-state index in [0.717, 1.165) is 25.9 Å². The van der Waals surface area contributed by atoms with Crippen LogP contribution >= 0.6 is 27.3 Å². The van der Waals surface area contributed by atoms with Crippen LogP contribution in [-0.2, 0) is 0 Å². The molecule has 0 saturated heterocycles. The normalized spacial score (nSPS) is 13.1. The molecule has 0 aliphatic carbocycles. The summed E-state index contributed by atoms with van der Waals surface area (Å²) in [6.45, 7) is 2.00. The number of furan rings is 1. The molecule has 0 saturated carbocycles. The number of aryl methyl sites for hydroxylation is 1. The van der Waals surface area contributed by atoms with Gasteiger partial charge in [-0.3, -0.25) is 0 Å². The van der Waals surface area contributed by atoms with E-state index in [0.29, 0.717) is 5.76 Å². The highest BCUT2D eigenvalue weighted by atomic mass is 79.9. The fourth-order valence-electron chi connectivity index (χ4n) is 2.01. The molecule has 0 bridgehead atoms. The molecule has 3 aromatic rings. The molecule has 2 nitrogen and oxygen atoms in total. The van der Waals surface area contributed by atoms with Crippen molar-refractivity contribution in [3.8, 4) is 0 Å². The minimum Gasteiger partial charge on any atom is -0.457 e. The molecule has 18 heavy (non-hydrogen) atoms. The van der Waals surface area contributed by atoms with Gasteiger partial charge in [0.2, 0.25) is 0 Å². The Morgan fingerprint density at radius 1 is 1.33 bits per heavy atom. The molecule has 0 radical (unpaired) electrons. The number of fused-ring (bicyclic) bond motifs is 1. The Kier molecular flexibility index (Phi) is 3.01. The molecule has 0 spiro atoms. The minimum atomic E-state index is -0.699. The first-order valence-electron chi connectivity index (χ1n) is 5.57. The fraction of sp³-hybridized carbons (Fsp3) is 0.143. The van der Waals surface area contributed by atoms with Gasteiger partial charge < -0.3 is 9.52 Å². The topological polar surface area (TPSA) is 33.4 Å². The first-order chi connectivity index (χ1) is 8.66. The van der Waals surface area contributed by atoms with Gasteiger partial charge in [0.15, 0.2) is 0 Å². The van der Waals surface area contributed by atoms with Crippen LogP contribution in [0.2, 0.25) is 0 Å². The van der Waals surface area contributed by atoms with E-state index in [9.17, 15) is 5.11 Å². The molecule has 1 N–H and O–H groups in total. The second-order valence-corrected chi connectivity index (χ2v) is 6.12. The van der Waals surface area contributed by atoms with Gasteiger partial charge in [0.1, 0.15) is 17.4 Å². The molecule has 2 aromatic heterocycles. The van der Waals surface area contributed by atoms with Crippen LogP contribution in [-0.4, -0.2) is 5.11 Å². The van der Waals surface area contributed by atoms with Crippen molar-refractivity contribution in [2.24, 2.45) is 0 Å². The third-order valence-corrected chi connectivity index (χ3v) is 4.46. The van der Waals surface area contributed by atoms with Crippen molar-refractivity contribution in [1.82, 2.24) is 0 Å². The molecule has 4 heteroatoms. The maximum Gasteiger partial charge on any atom is 0.148 e. The second-order valence-electron chi connectivity index (χ2n) is 4.14. The monoisotopic (exact) mass is 322 g/mol. The molecule has 0 aliphatic heterocycles. The minimum absolute atomic E-state index is 0.582. The van der Waals surface area contributed by atoms with Gasteiger partial charge in [-0.2, -0.15) is 0 Å². The van der Waals surface area contributed by atoms with Gasteiger partial charge in [-0.05, 0) is 46.4 Å². The molecular weight excluding hydrogens is 312 g/mol. The van der Waals surface area contributed by atoms with E-state index in [1.54, 1.807) is 11.3 Å². The van der Waals surface area contributed by atoms with E-state index in [2.05, 4.69) is 15.9 Å². The van der Waals surface area contributed by atoms with Crippen LogP contribution in [0, 0.1) is 6.92 Å². The lowest BCUT2D eigenvalue weighted by molar-refractivity contribution is 0.192. The SMILES string of the molecule is Cc1sccc1C(O)c1cc2cccc(Br)c2o1. The molecule has 3 rings (SSSR count). The number of benzene rings is 1. The third kappa shape index (κ3) is 1.90. The average molecular weight is 323 g/mol. The summed E-state index contributed by atoms with van der Waals surface area (Å²) in [5, 5.41) is 13.3. The Bertz CT molecular complexity index is 699. The summed E-state index contributed by atoms with van der Waals surface area (Å²) in [5.74, 6) is 0.582. The van der Waals surface area contributed by atoms with Crippen LogP contribution in [0.3, 0.4) is 0 Å². The Morgan fingerprint density at radius 2 is 2.17 bits per heavy atom. The number of para-hydroxylation sites is 1. The number of rotatable bonds is 2. The van der Waals surface area contributed by atoms with Gasteiger partial charge in [0, 0.05) is 15.8 Å².